The Bertz CT molecular complexity index is 1670. The molecule has 10 heteroatoms. The van der Waals surface area contributed by atoms with E-state index in [-0.39, 0.29) is 6.23 Å². The fraction of sp³-hybridized carbons (Fsp3) is 0.345. The monoisotopic (exact) mass is 522 g/mol. The number of rotatable bonds is 5. The Morgan fingerprint density at radius 1 is 1.00 bits per heavy atom. The molecule has 198 valence electrons. The standard InChI is InChI=1S/C29H30N8O2/c1-19-28(20(2)35(34-19)22-6-5-11-30-17-22)26-16-24(21-9-14-38-15-10-21)33-29-23(18-32-37(26)29)25-8-12-31-36(25)27-7-3-4-13-39-27/h5-6,8-9,11-12,16-18,27H,3-4,7,10,13-15H2,1-2H3. The van der Waals surface area contributed by atoms with Gasteiger partial charge in [0.2, 0.25) is 0 Å². The number of pyridine rings is 1. The van der Waals surface area contributed by atoms with Gasteiger partial charge in [-0.05, 0) is 69.4 Å². The van der Waals surface area contributed by atoms with Crippen molar-refractivity contribution in [3.63, 3.8) is 0 Å². The summed E-state index contributed by atoms with van der Waals surface area (Å²) in [5.74, 6) is 0. The minimum Gasteiger partial charge on any atom is -0.377 e. The second-order valence-electron chi connectivity index (χ2n) is 10.0. The summed E-state index contributed by atoms with van der Waals surface area (Å²) < 4.78 is 17.5. The highest BCUT2D eigenvalue weighted by molar-refractivity contribution is 5.81. The molecular weight excluding hydrogens is 492 g/mol. The molecular formula is C29H30N8O2. The highest BCUT2D eigenvalue weighted by Crippen LogP contribution is 2.35. The molecule has 5 aromatic heterocycles. The number of aromatic nitrogens is 8. The predicted molar refractivity (Wildman–Crippen MR) is 146 cm³/mol. The molecule has 0 amide bonds. The van der Waals surface area contributed by atoms with Crippen molar-refractivity contribution in [1.29, 1.82) is 0 Å². The first-order valence-electron chi connectivity index (χ1n) is 13.5. The van der Waals surface area contributed by atoms with Crippen LogP contribution in [0.3, 0.4) is 0 Å². The lowest BCUT2D eigenvalue weighted by molar-refractivity contribution is -0.0383. The van der Waals surface area contributed by atoms with Crippen LogP contribution in [-0.4, -0.2) is 59.0 Å². The second kappa shape index (κ2) is 9.87. The number of fused-ring (bicyclic) bond motifs is 1. The molecule has 0 aromatic carbocycles. The van der Waals surface area contributed by atoms with Crippen LogP contribution in [0.15, 0.2) is 55.1 Å². The Morgan fingerprint density at radius 2 is 1.95 bits per heavy atom. The summed E-state index contributed by atoms with van der Waals surface area (Å²) in [5, 5.41) is 14.4. The minimum absolute atomic E-state index is 0.0817. The first kappa shape index (κ1) is 23.9. The number of ether oxygens (including phenoxy) is 2. The second-order valence-corrected chi connectivity index (χ2v) is 10.0. The van der Waals surface area contributed by atoms with Crippen LogP contribution in [0.1, 0.15) is 49.0 Å². The molecule has 10 nitrogen and oxygen atoms in total. The van der Waals surface area contributed by atoms with E-state index in [1.807, 2.05) is 57.6 Å². The Kier molecular flexibility index (Phi) is 6.05. The molecule has 0 saturated carbocycles. The average molecular weight is 523 g/mol. The first-order valence-corrected chi connectivity index (χ1v) is 13.5. The van der Waals surface area contributed by atoms with Crippen molar-refractivity contribution in [2.75, 3.05) is 19.8 Å². The zero-order valence-corrected chi connectivity index (χ0v) is 22.1. The highest BCUT2D eigenvalue weighted by Gasteiger charge is 2.25. The highest BCUT2D eigenvalue weighted by atomic mass is 16.5. The van der Waals surface area contributed by atoms with Crippen LogP contribution in [0.4, 0.5) is 0 Å². The third-order valence-corrected chi connectivity index (χ3v) is 7.58. The first-order chi connectivity index (χ1) is 19.2. The smallest absolute Gasteiger partial charge is 0.165 e. The number of nitrogens with zero attached hydrogens (tertiary/aromatic N) is 8. The topological polar surface area (TPSA) is 97.2 Å². The van der Waals surface area contributed by atoms with Crippen molar-refractivity contribution >= 4 is 11.2 Å². The van der Waals surface area contributed by atoms with Crippen LogP contribution in [-0.2, 0) is 9.47 Å². The molecule has 0 bridgehead atoms. The zero-order chi connectivity index (χ0) is 26.3. The van der Waals surface area contributed by atoms with Gasteiger partial charge in [-0.1, -0.05) is 6.08 Å². The van der Waals surface area contributed by atoms with Gasteiger partial charge in [0.05, 0.1) is 65.3 Å². The maximum atomic E-state index is 6.08. The molecule has 39 heavy (non-hydrogen) atoms. The fourth-order valence-corrected chi connectivity index (χ4v) is 5.66. The van der Waals surface area contributed by atoms with Crippen molar-refractivity contribution in [3.8, 4) is 28.2 Å². The third kappa shape index (κ3) is 4.16. The molecule has 2 aliphatic rings. The summed E-state index contributed by atoms with van der Waals surface area (Å²) in [7, 11) is 0. The minimum atomic E-state index is -0.0817. The molecule has 1 atom stereocenters. The van der Waals surface area contributed by atoms with E-state index < -0.39 is 0 Å². The molecule has 5 aromatic rings. The van der Waals surface area contributed by atoms with Crippen molar-refractivity contribution in [2.24, 2.45) is 0 Å². The van der Waals surface area contributed by atoms with Crippen LogP contribution in [0.25, 0.3) is 39.4 Å². The third-order valence-electron chi connectivity index (χ3n) is 7.58. The van der Waals surface area contributed by atoms with Crippen LogP contribution in [0.2, 0.25) is 0 Å². The summed E-state index contributed by atoms with van der Waals surface area (Å²) in [6, 6.07) is 8.09. The van der Waals surface area contributed by atoms with Crippen molar-refractivity contribution in [3.05, 3.63) is 72.2 Å². The zero-order valence-electron chi connectivity index (χ0n) is 22.1. The summed E-state index contributed by atoms with van der Waals surface area (Å²) in [6.07, 6.45) is 13.3. The van der Waals surface area contributed by atoms with Gasteiger partial charge in [-0.15, -0.1) is 0 Å². The maximum absolute atomic E-state index is 6.08. The van der Waals surface area contributed by atoms with Gasteiger partial charge in [0, 0.05) is 24.6 Å². The number of aryl methyl sites for hydroxylation is 1. The largest absolute Gasteiger partial charge is 0.377 e. The maximum Gasteiger partial charge on any atom is 0.165 e. The van der Waals surface area contributed by atoms with E-state index in [2.05, 4.69) is 29.1 Å². The van der Waals surface area contributed by atoms with Gasteiger partial charge in [0.1, 0.15) is 0 Å². The molecule has 1 fully saturated rings. The molecule has 1 unspecified atom stereocenters. The molecule has 0 radical (unpaired) electrons. The van der Waals surface area contributed by atoms with Gasteiger partial charge < -0.3 is 9.47 Å². The number of hydrogen-bond donors (Lipinski definition) is 0. The predicted octanol–water partition coefficient (Wildman–Crippen LogP) is 4.96. The van der Waals surface area contributed by atoms with Gasteiger partial charge in [-0.25, -0.2) is 18.9 Å². The van der Waals surface area contributed by atoms with E-state index in [1.54, 1.807) is 6.20 Å². The van der Waals surface area contributed by atoms with Gasteiger partial charge in [0.15, 0.2) is 11.9 Å². The van der Waals surface area contributed by atoms with Crippen molar-refractivity contribution < 1.29 is 9.47 Å². The van der Waals surface area contributed by atoms with E-state index in [1.165, 1.54) is 5.57 Å². The lowest BCUT2D eigenvalue weighted by Gasteiger charge is -2.24. The van der Waals surface area contributed by atoms with Crippen LogP contribution >= 0.6 is 0 Å². The molecule has 1 saturated heterocycles. The average Bonchev–Trinajstić information content (AvgIpc) is 3.71. The number of hydrogen-bond acceptors (Lipinski definition) is 7. The Labute approximate surface area is 225 Å². The van der Waals surface area contributed by atoms with Crippen LogP contribution in [0.5, 0.6) is 0 Å². The Hall–Kier alpha value is -4.15. The Balaban J connectivity index is 1.44. The fourth-order valence-electron chi connectivity index (χ4n) is 5.66. The summed E-state index contributed by atoms with van der Waals surface area (Å²) in [4.78, 5) is 9.46. The molecule has 2 aliphatic heterocycles. The van der Waals surface area contributed by atoms with Crippen LogP contribution < -0.4 is 0 Å². The summed E-state index contributed by atoms with van der Waals surface area (Å²) in [5.41, 5.74) is 9.57. The van der Waals surface area contributed by atoms with Gasteiger partial charge in [0.25, 0.3) is 0 Å². The summed E-state index contributed by atoms with van der Waals surface area (Å²) >= 11 is 0. The van der Waals surface area contributed by atoms with E-state index >= 15 is 0 Å². The van der Waals surface area contributed by atoms with Gasteiger partial charge >= 0.3 is 0 Å². The molecule has 0 aliphatic carbocycles. The molecule has 7 heterocycles. The normalized spacial score (nSPS) is 18.0. The van der Waals surface area contributed by atoms with Crippen molar-refractivity contribution in [2.45, 2.75) is 45.8 Å². The van der Waals surface area contributed by atoms with Crippen LogP contribution in [0, 0.1) is 13.8 Å². The lowest BCUT2D eigenvalue weighted by atomic mass is 10.0. The van der Waals surface area contributed by atoms with E-state index in [4.69, 9.17) is 24.7 Å². The SMILES string of the molecule is Cc1nn(-c2cccnc2)c(C)c1-c1cc(C2=CCOCC2)nc2c(-c3ccnn3C3CCCCO3)cnn12. The lowest BCUT2D eigenvalue weighted by Crippen LogP contribution is -2.19. The summed E-state index contributed by atoms with van der Waals surface area (Å²) in [6.45, 7) is 6.15. The molecule has 0 spiro atoms. The van der Waals surface area contributed by atoms with E-state index in [0.29, 0.717) is 13.2 Å². The van der Waals surface area contributed by atoms with E-state index in [9.17, 15) is 0 Å². The van der Waals surface area contributed by atoms with Gasteiger partial charge in [-0.2, -0.15) is 15.3 Å². The van der Waals surface area contributed by atoms with Gasteiger partial charge in [-0.3, -0.25) is 4.98 Å². The Morgan fingerprint density at radius 3 is 2.74 bits per heavy atom. The van der Waals surface area contributed by atoms with Crippen molar-refractivity contribution in [1.82, 2.24) is 39.1 Å². The molecule has 0 N–H and O–H groups in total. The quantitative estimate of drug-likeness (QED) is 0.322. The van der Waals surface area contributed by atoms with E-state index in [0.717, 1.165) is 83.2 Å². The molecule has 7 rings (SSSR count).